The second kappa shape index (κ2) is 3.76. The van der Waals surface area contributed by atoms with Crippen LogP contribution in [0.15, 0.2) is 5.38 Å². The predicted octanol–water partition coefficient (Wildman–Crippen LogP) is 2.16. The summed E-state index contributed by atoms with van der Waals surface area (Å²) >= 11 is 1.75. The largest absolute Gasteiger partial charge is 0.270 e. The summed E-state index contributed by atoms with van der Waals surface area (Å²) in [6.45, 7) is 4.18. The van der Waals surface area contributed by atoms with Crippen molar-refractivity contribution >= 4 is 11.3 Å². The van der Waals surface area contributed by atoms with Crippen molar-refractivity contribution in [3.63, 3.8) is 0 Å². The van der Waals surface area contributed by atoms with Crippen molar-refractivity contribution in [2.45, 2.75) is 13.8 Å². The van der Waals surface area contributed by atoms with Gasteiger partial charge in [0, 0.05) is 32.7 Å². The molecule has 8 heavy (non-hydrogen) atoms. The summed E-state index contributed by atoms with van der Waals surface area (Å²) in [6, 6.07) is 3.09. The second-order valence-corrected chi connectivity index (χ2v) is 2.65. The molecule has 1 heterocycles. The molecule has 0 aliphatic heterocycles. The van der Waals surface area contributed by atoms with Crippen LogP contribution in [0.3, 0.4) is 0 Å². The van der Waals surface area contributed by atoms with Crippen molar-refractivity contribution < 1.29 is 32.7 Å². The molecule has 1 rings (SSSR count). The Labute approximate surface area is 79.2 Å². The first-order valence-electron chi connectivity index (χ1n) is 2.23. The fraction of sp³-hybridized carbons (Fsp3) is 0.333. The number of hydrogen-bond acceptors (Lipinski definition) is 1. The summed E-state index contributed by atoms with van der Waals surface area (Å²) in [5.41, 5.74) is 1.28. The molecule has 0 atom stereocenters. The third kappa shape index (κ3) is 1.96. The van der Waals surface area contributed by atoms with Gasteiger partial charge in [-0.15, -0.1) is 10.3 Å². The minimum atomic E-state index is 0. The quantitative estimate of drug-likeness (QED) is 0.563. The predicted molar refractivity (Wildman–Crippen MR) is 32.6 cm³/mol. The first-order chi connectivity index (χ1) is 3.30. The summed E-state index contributed by atoms with van der Waals surface area (Å²) < 4.78 is 0. The van der Waals surface area contributed by atoms with Crippen molar-refractivity contribution in [1.29, 1.82) is 0 Å². The van der Waals surface area contributed by atoms with Gasteiger partial charge in [-0.1, -0.05) is 13.8 Å². The molecule has 0 aliphatic rings. The summed E-state index contributed by atoms with van der Waals surface area (Å²) in [7, 11) is 0. The molecule has 1 radical (unpaired) electrons. The maximum absolute atomic E-state index is 3.09. The van der Waals surface area contributed by atoms with E-state index in [0.29, 0.717) is 0 Å². The second-order valence-electron chi connectivity index (χ2n) is 1.56. The van der Waals surface area contributed by atoms with Gasteiger partial charge in [0.2, 0.25) is 0 Å². The van der Waals surface area contributed by atoms with Crippen LogP contribution in [-0.2, 0) is 32.7 Å². The van der Waals surface area contributed by atoms with Crippen molar-refractivity contribution in [3.05, 3.63) is 21.9 Å². The topological polar surface area (TPSA) is 0 Å². The Kier molecular flexibility index (Phi) is 4.14. The zero-order valence-corrected chi connectivity index (χ0v) is 8.72. The van der Waals surface area contributed by atoms with Gasteiger partial charge < -0.3 is 0 Å². The molecule has 0 N–H and O–H groups in total. The standard InChI is InChI=1S/C6H7S.Y/c1-5-3-4-7-6(5)2;/h4H,1-2H3;/q-1;. The molecule has 0 unspecified atom stereocenters. The van der Waals surface area contributed by atoms with E-state index in [4.69, 9.17) is 0 Å². The van der Waals surface area contributed by atoms with E-state index in [0.717, 1.165) is 0 Å². The molecule has 0 amide bonds. The molecule has 0 nitrogen and oxygen atoms in total. The van der Waals surface area contributed by atoms with E-state index >= 15 is 0 Å². The zero-order valence-electron chi connectivity index (χ0n) is 5.06. The van der Waals surface area contributed by atoms with Crippen molar-refractivity contribution in [2.75, 3.05) is 0 Å². The zero-order chi connectivity index (χ0) is 5.28. The van der Waals surface area contributed by atoms with Crippen LogP contribution in [0.5, 0.6) is 0 Å². The maximum atomic E-state index is 3.09. The van der Waals surface area contributed by atoms with Gasteiger partial charge >= 0.3 is 0 Å². The summed E-state index contributed by atoms with van der Waals surface area (Å²) in [5.74, 6) is 0. The van der Waals surface area contributed by atoms with Crippen LogP contribution in [0.2, 0.25) is 0 Å². The molecule has 0 spiro atoms. The van der Waals surface area contributed by atoms with E-state index in [1.54, 1.807) is 11.3 Å². The Hall–Kier alpha value is 0.804. The average Bonchev–Trinajstić information content (AvgIpc) is 1.91. The molecule has 1 aromatic rings. The van der Waals surface area contributed by atoms with Gasteiger partial charge in [-0.05, 0) is 0 Å². The molecule has 0 fully saturated rings. The molecular weight excluding hydrogens is 193 g/mol. The molecule has 1 aromatic heterocycles. The fourth-order valence-corrected chi connectivity index (χ4v) is 1.04. The molecule has 0 aromatic carbocycles. The van der Waals surface area contributed by atoms with Crippen LogP contribution in [0, 0.1) is 19.9 Å². The van der Waals surface area contributed by atoms with Gasteiger partial charge in [0.25, 0.3) is 0 Å². The SMILES string of the molecule is Cc1[c-]csc1C.[Y]. The fourth-order valence-electron chi connectivity index (χ4n) is 0.396. The van der Waals surface area contributed by atoms with Gasteiger partial charge in [-0.3, -0.25) is 11.3 Å². The summed E-state index contributed by atoms with van der Waals surface area (Å²) in [4.78, 5) is 1.38. The molecule has 41 valence electrons. The van der Waals surface area contributed by atoms with E-state index in [1.807, 2.05) is 5.38 Å². The van der Waals surface area contributed by atoms with E-state index in [1.165, 1.54) is 10.4 Å². The van der Waals surface area contributed by atoms with Crippen LogP contribution in [0.4, 0.5) is 0 Å². The summed E-state index contributed by atoms with van der Waals surface area (Å²) in [5, 5.41) is 1.99. The normalized spacial score (nSPS) is 8.25. The van der Waals surface area contributed by atoms with Crippen LogP contribution in [0.1, 0.15) is 10.4 Å². The van der Waals surface area contributed by atoms with Gasteiger partial charge in [-0.25, -0.2) is 11.6 Å². The molecule has 0 saturated carbocycles. The minimum absolute atomic E-state index is 0. The molecular formula is C6H7SY-. The number of thiophene rings is 1. The first-order valence-corrected chi connectivity index (χ1v) is 3.11. The Morgan fingerprint density at radius 1 is 1.50 bits per heavy atom. The van der Waals surface area contributed by atoms with Crippen molar-refractivity contribution in [2.24, 2.45) is 0 Å². The van der Waals surface area contributed by atoms with E-state index < -0.39 is 0 Å². The third-order valence-electron chi connectivity index (χ3n) is 1.04. The maximum Gasteiger partial charge on any atom is 0 e. The molecule has 0 bridgehead atoms. The van der Waals surface area contributed by atoms with Crippen molar-refractivity contribution in [1.82, 2.24) is 0 Å². The Morgan fingerprint density at radius 2 is 2.12 bits per heavy atom. The third-order valence-corrected chi connectivity index (χ3v) is 1.93. The number of aryl methyl sites for hydroxylation is 2. The number of hydrogen-bond donors (Lipinski definition) is 0. The smallest absolute Gasteiger partial charge is 0 e. The Balaban J connectivity index is 0.000000490. The van der Waals surface area contributed by atoms with Crippen LogP contribution in [0.25, 0.3) is 0 Å². The van der Waals surface area contributed by atoms with E-state index in [2.05, 4.69) is 19.9 Å². The first kappa shape index (κ1) is 8.80. The Morgan fingerprint density at radius 3 is 2.25 bits per heavy atom. The van der Waals surface area contributed by atoms with E-state index in [-0.39, 0.29) is 32.7 Å². The number of rotatable bonds is 0. The van der Waals surface area contributed by atoms with Crippen molar-refractivity contribution in [3.8, 4) is 0 Å². The van der Waals surface area contributed by atoms with Gasteiger partial charge in [-0.2, -0.15) is 0 Å². The molecule has 2 heteroatoms. The monoisotopic (exact) mass is 200 g/mol. The minimum Gasteiger partial charge on any atom is -0.270 e. The molecule has 0 saturated heterocycles. The van der Waals surface area contributed by atoms with E-state index in [9.17, 15) is 0 Å². The summed E-state index contributed by atoms with van der Waals surface area (Å²) in [6.07, 6.45) is 0. The molecule has 0 aliphatic carbocycles. The Bertz CT molecular complexity index is 141. The van der Waals surface area contributed by atoms with Gasteiger partial charge in [0.15, 0.2) is 0 Å². The van der Waals surface area contributed by atoms with Crippen LogP contribution in [-0.4, -0.2) is 0 Å². The van der Waals surface area contributed by atoms with Gasteiger partial charge in [0.05, 0.1) is 0 Å². The van der Waals surface area contributed by atoms with Gasteiger partial charge in [0.1, 0.15) is 0 Å². The average molecular weight is 200 g/mol. The van der Waals surface area contributed by atoms with Crippen LogP contribution < -0.4 is 0 Å². The van der Waals surface area contributed by atoms with Crippen LogP contribution >= 0.6 is 11.3 Å².